The van der Waals surface area contributed by atoms with Crippen molar-refractivity contribution in [2.45, 2.75) is 50.9 Å². The summed E-state index contributed by atoms with van der Waals surface area (Å²) in [6.07, 6.45) is 2.67. The number of para-hydroxylation sites is 1. The molecule has 1 fully saturated rings. The molecule has 5 heteroatoms. The summed E-state index contributed by atoms with van der Waals surface area (Å²) in [7, 11) is 0. The molecule has 0 N–H and O–H groups in total. The van der Waals surface area contributed by atoms with E-state index in [9.17, 15) is 4.39 Å². The van der Waals surface area contributed by atoms with Gasteiger partial charge in [-0.2, -0.15) is 5.10 Å². The number of rotatable bonds is 2. The van der Waals surface area contributed by atoms with Gasteiger partial charge in [-0.25, -0.2) is 9.40 Å². The molecule has 3 heterocycles. The number of fused-ring (bicyclic) bond motifs is 4. The van der Waals surface area contributed by atoms with E-state index in [0.29, 0.717) is 6.04 Å². The van der Waals surface area contributed by atoms with Gasteiger partial charge < -0.3 is 9.64 Å². The Balaban J connectivity index is 1.53. The first-order valence-corrected chi connectivity index (χ1v) is 10.2. The van der Waals surface area contributed by atoms with Gasteiger partial charge in [-0.05, 0) is 37.6 Å². The molecule has 4 nitrogen and oxygen atoms in total. The molecule has 0 aliphatic carbocycles. The Hall–Kier alpha value is -2.40. The van der Waals surface area contributed by atoms with Crippen LogP contribution in [0, 0.1) is 5.82 Å². The fourth-order valence-corrected chi connectivity index (χ4v) is 4.77. The third-order valence-corrected chi connectivity index (χ3v) is 6.39. The third kappa shape index (κ3) is 2.80. The average molecular weight is 379 g/mol. The van der Waals surface area contributed by atoms with Crippen LogP contribution in [-0.4, -0.2) is 40.5 Å². The van der Waals surface area contributed by atoms with Gasteiger partial charge in [-0.15, -0.1) is 0 Å². The summed E-state index contributed by atoms with van der Waals surface area (Å²) in [6, 6.07) is 15.7. The van der Waals surface area contributed by atoms with Crippen LogP contribution in [0.1, 0.15) is 50.3 Å². The largest absolute Gasteiger partial charge is 0.466 e. The number of piperidine rings is 1. The smallest absolute Gasteiger partial charge is 0.200 e. The summed E-state index contributed by atoms with van der Waals surface area (Å²) in [5.74, 6) is 0.767. The monoisotopic (exact) mass is 379 g/mol. The topological polar surface area (TPSA) is 28.1 Å². The number of ether oxygens (including phenoxy) is 1. The van der Waals surface area contributed by atoms with Crippen molar-refractivity contribution in [3.63, 3.8) is 0 Å². The Morgan fingerprint density at radius 3 is 2.50 bits per heavy atom. The van der Waals surface area contributed by atoms with Gasteiger partial charge in [0.2, 0.25) is 5.72 Å². The lowest BCUT2D eigenvalue weighted by molar-refractivity contribution is -0.152. The minimum Gasteiger partial charge on any atom is -0.466 e. The minimum atomic E-state index is -0.397. The standard InChI is InChI=1S/C23H26FN3O/c1-16(2)26-13-11-23(12-14-26)27-21(19-5-3-4-6-22(19)28-23)15-20(25-27)17-7-9-18(24)10-8-17/h3-10,16,21H,11-15H2,1-2H3/t21-/m0/s1. The van der Waals surface area contributed by atoms with Crippen LogP contribution in [0.2, 0.25) is 0 Å². The van der Waals surface area contributed by atoms with E-state index in [4.69, 9.17) is 9.84 Å². The molecular weight excluding hydrogens is 353 g/mol. The summed E-state index contributed by atoms with van der Waals surface area (Å²) in [5.41, 5.74) is 2.80. The number of nitrogens with zero attached hydrogens (tertiary/aromatic N) is 3. The fraction of sp³-hybridized carbons (Fsp3) is 0.435. The van der Waals surface area contributed by atoms with Crippen LogP contribution in [0.15, 0.2) is 53.6 Å². The van der Waals surface area contributed by atoms with Crippen LogP contribution in [0.4, 0.5) is 4.39 Å². The molecule has 0 saturated carbocycles. The zero-order valence-corrected chi connectivity index (χ0v) is 16.4. The molecular formula is C23H26FN3O. The van der Waals surface area contributed by atoms with E-state index in [1.165, 1.54) is 17.7 Å². The van der Waals surface area contributed by atoms with E-state index in [2.05, 4.69) is 42.0 Å². The van der Waals surface area contributed by atoms with Crippen molar-refractivity contribution in [2.24, 2.45) is 5.10 Å². The quantitative estimate of drug-likeness (QED) is 0.765. The molecule has 5 rings (SSSR count). The molecule has 1 saturated heterocycles. The predicted octanol–water partition coefficient (Wildman–Crippen LogP) is 4.57. The first-order valence-electron chi connectivity index (χ1n) is 10.2. The van der Waals surface area contributed by atoms with E-state index in [1.807, 2.05) is 18.2 Å². The number of likely N-dealkylation sites (tertiary alicyclic amines) is 1. The molecule has 28 heavy (non-hydrogen) atoms. The summed E-state index contributed by atoms with van der Waals surface area (Å²) >= 11 is 0. The lowest BCUT2D eigenvalue weighted by Crippen LogP contribution is -2.59. The van der Waals surface area contributed by atoms with Crippen molar-refractivity contribution in [3.05, 3.63) is 65.5 Å². The minimum absolute atomic E-state index is 0.176. The van der Waals surface area contributed by atoms with Crippen molar-refractivity contribution in [3.8, 4) is 5.75 Å². The Morgan fingerprint density at radius 2 is 1.79 bits per heavy atom. The molecule has 0 bridgehead atoms. The van der Waals surface area contributed by atoms with Crippen LogP contribution >= 0.6 is 0 Å². The van der Waals surface area contributed by atoms with Gasteiger partial charge >= 0.3 is 0 Å². The lowest BCUT2D eigenvalue weighted by atomic mass is 9.90. The Labute approximate surface area is 165 Å². The van der Waals surface area contributed by atoms with Crippen molar-refractivity contribution in [2.75, 3.05) is 13.1 Å². The van der Waals surface area contributed by atoms with Gasteiger partial charge in [0.1, 0.15) is 11.6 Å². The van der Waals surface area contributed by atoms with E-state index in [1.54, 1.807) is 0 Å². The Bertz CT molecular complexity index is 900. The van der Waals surface area contributed by atoms with Crippen molar-refractivity contribution >= 4 is 5.71 Å². The number of hydrogen-bond donors (Lipinski definition) is 0. The maximum absolute atomic E-state index is 13.4. The first kappa shape index (κ1) is 17.7. The SMILES string of the molecule is CC(C)N1CCC2(CC1)Oc1ccccc1[C@@H]1CC(c3ccc(F)cc3)=NN12. The second-order valence-corrected chi connectivity index (χ2v) is 8.33. The van der Waals surface area contributed by atoms with Crippen LogP contribution in [0.25, 0.3) is 0 Å². The van der Waals surface area contributed by atoms with Crippen LogP contribution in [0.3, 0.4) is 0 Å². The van der Waals surface area contributed by atoms with E-state index >= 15 is 0 Å². The maximum atomic E-state index is 13.4. The highest BCUT2D eigenvalue weighted by molar-refractivity contribution is 6.01. The van der Waals surface area contributed by atoms with Gasteiger partial charge in [0, 0.05) is 44.0 Å². The molecule has 2 aromatic carbocycles. The van der Waals surface area contributed by atoms with Crippen LogP contribution in [-0.2, 0) is 0 Å². The second kappa shape index (κ2) is 6.59. The van der Waals surface area contributed by atoms with Gasteiger partial charge in [0.05, 0.1) is 11.8 Å². The molecule has 0 unspecified atom stereocenters. The lowest BCUT2D eigenvalue weighted by Gasteiger charge is -2.51. The highest BCUT2D eigenvalue weighted by atomic mass is 19.1. The van der Waals surface area contributed by atoms with Crippen LogP contribution in [0.5, 0.6) is 5.75 Å². The number of benzene rings is 2. The maximum Gasteiger partial charge on any atom is 0.200 e. The zero-order valence-electron chi connectivity index (χ0n) is 16.4. The molecule has 2 aromatic rings. The highest BCUT2D eigenvalue weighted by Crippen LogP contribution is 2.49. The zero-order chi connectivity index (χ0) is 19.3. The summed E-state index contributed by atoms with van der Waals surface area (Å²) in [4.78, 5) is 2.50. The predicted molar refractivity (Wildman–Crippen MR) is 108 cm³/mol. The van der Waals surface area contributed by atoms with Gasteiger partial charge in [0.25, 0.3) is 0 Å². The van der Waals surface area contributed by atoms with E-state index in [-0.39, 0.29) is 11.9 Å². The van der Waals surface area contributed by atoms with E-state index < -0.39 is 5.72 Å². The molecule has 1 atom stereocenters. The summed E-state index contributed by atoms with van der Waals surface area (Å²) in [6.45, 7) is 6.51. The van der Waals surface area contributed by atoms with Crippen molar-refractivity contribution < 1.29 is 9.13 Å². The molecule has 146 valence electrons. The molecule has 0 amide bonds. The van der Waals surface area contributed by atoms with Gasteiger partial charge in [0.15, 0.2) is 0 Å². The highest BCUT2D eigenvalue weighted by Gasteiger charge is 2.51. The van der Waals surface area contributed by atoms with Crippen LogP contribution < -0.4 is 4.74 Å². The molecule has 0 aromatic heterocycles. The van der Waals surface area contributed by atoms with Gasteiger partial charge in [-0.3, -0.25) is 0 Å². The number of halogens is 1. The molecule has 3 aliphatic rings. The van der Waals surface area contributed by atoms with Crippen molar-refractivity contribution in [1.29, 1.82) is 0 Å². The Kier molecular flexibility index (Phi) is 4.16. The van der Waals surface area contributed by atoms with Crippen molar-refractivity contribution in [1.82, 2.24) is 9.91 Å². The molecule has 0 radical (unpaired) electrons. The fourth-order valence-electron chi connectivity index (χ4n) is 4.77. The second-order valence-electron chi connectivity index (χ2n) is 8.33. The normalized spacial score (nSPS) is 23.4. The summed E-state index contributed by atoms with van der Waals surface area (Å²) < 4.78 is 20.0. The third-order valence-electron chi connectivity index (χ3n) is 6.39. The Morgan fingerprint density at radius 1 is 1.07 bits per heavy atom. The first-order chi connectivity index (χ1) is 13.6. The average Bonchev–Trinajstić information content (AvgIpc) is 3.16. The number of hydrogen-bond acceptors (Lipinski definition) is 4. The molecule has 1 spiro atoms. The molecule has 3 aliphatic heterocycles. The van der Waals surface area contributed by atoms with E-state index in [0.717, 1.165) is 49.4 Å². The van der Waals surface area contributed by atoms with Gasteiger partial charge in [-0.1, -0.05) is 30.3 Å². The summed E-state index contributed by atoms with van der Waals surface area (Å²) in [5, 5.41) is 7.25. The number of hydrazone groups is 1.